The second-order valence-corrected chi connectivity index (χ2v) is 7.93. The first-order chi connectivity index (χ1) is 14.7. The number of hydrogen-bond acceptors (Lipinski definition) is 6. The molecule has 0 saturated carbocycles. The van der Waals surface area contributed by atoms with E-state index in [-0.39, 0.29) is 50.9 Å². The van der Waals surface area contributed by atoms with Crippen LogP contribution in [-0.2, 0) is 6.42 Å². The van der Waals surface area contributed by atoms with Gasteiger partial charge >= 0.3 is 0 Å². The number of halogens is 4. The van der Waals surface area contributed by atoms with Gasteiger partial charge in [0.25, 0.3) is 0 Å². The minimum Gasteiger partial charge on any atom is -0.453 e. The zero-order valence-corrected chi connectivity index (χ0v) is 19.0. The van der Waals surface area contributed by atoms with Gasteiger partial charge in [-0.25, -0.2) is 4.39 Å². The molecule has 0 amide bonds. The van der Waals surface area contributed by atoms with Crippen LogP contribution in [0.3, 0.4) is 0 Å². The van der Waals surface area contributed by atoms with Gasteiger partial charge in [-0.1, -0.05) is 40.9 Å². The van der Waals surface area contributed by atoms with Crippen LogP contribution in [0.25, 0.3) is 5.57 Å². The van der Waals surface area contributed by atoms with Crippen molar-refractivity contribution in [1.82, 2.24) is 15.1 Å². The summed E-state index contributed by atoms with van der Waals surface area (Å²) < 4.78 is 26.4. The lowest BCUT2D eigenvalue weighted by atomic mass is 10.1. The predicted octanol–water partition coefficient (Wildman–Crippen LogP) is 6.26. The molecule has 1 heterocycles. The van der Waals surface area contributed by atoms with Crippen molar-refractivity contribution in [2.75, 3.05) is 14.1 Å². The van der Waals surface area contributed by atoms with Crippen LogP contribution in [0.2, 0.25) is 10.0 Å². The van der Waals surface area contributed by atoms with Gasteiger partial charge in [0.05, 0.1) is 23.1 Å². The Hall–Kier alpha value is -2.79. The van der Waals surface area contributed by atoms with E-state index in [9.17, 15) is 0 Å². The van der Waals surface area contributed by atoms with E-state index < -0.39 is 5.82 Å². The average molecular weight is 482 g/mol. The first kappa shape index (κ1) is 22.9. The standard InChI is InChI=1S/C21H16Cl3FN4O2/c1-11(20(24)29(2)3)21-28-27-17(31-21)8-13-4-5-16(23)19(18(13)25)30-15-7-12(10-26)6-14(22)9-15/h4-7,9H,8H2,1-3H3/b20-11+. The van der Waals surface area contributed by atoms with E-state index >= 15 is 4.39 Å². The molecule has 0 fully saturated rings. The zero-order valence-electron chi connectivity index (χ0n) is 16.7. The molecule has 10 heteroatoms. The minimum atomic E-state index is -0.690. The van der Waals surface area contributed by atoms with Crippen LogP contribution in [0.4, 0.5) is 4.39 Å². The Bertz CT molecular complexity index is 1200. The van der Waals surface area contributed by atoms with Crippen LogP contribution < -0.4 is 4.74 Å². The summed E-state index contributed by atoms with van der Waals surface area (Å²) in [4.78, 5) is 1.71. The smallest absolute Gasteiger partial charge is 0.246 e. The van der Waals surface area contributed by atoms with Crippen LogP contribution in [0.5, 0.6) is 11.5 Å². The summed E-state index contributed by atoms with van der Waals surface area (Å²) in [5.41, 5.74) is 1.10. The van der Waals surface area contributed by atoms with Crippen molar-refractivity contribution in [1.29, 1.82) is 5.26 Å². The van der Waals surface area contributed by atoms with Gasteiger partial charge in [-0.2, -0.15) is 5.26 Å². The molecule has 0 aliphatic heterocycles. The third kappa shape index (κ3) is 5.28. The van der Waals surface area contributed by atoms with Crippen molar-refractivity contribution in [3.8, 4) is 17.6 Å². The maximum Gasteiger partial charge on any atom is 0.246 e. The fraction of sp³-hybridized carbons (Fsp3) is 0.190. The third-order valence-electron chi connectivity index (χ3n) is 4.18. The Labute approximate surface area is 193 Å². The van der Waals surface area contributed by atoms with Gasteiger partial charge in [-0.15, -0.1) is 10.2 Å². The quantitative estimate of drug-likeness (QED) is 0.387. The highest BCUT2D eigenvalue weighted by Gasteiger charge is 2.19. The van der Waals surface area contributed by atoms with Crippen LogP contribution in [0.1, 0.15) is 29.8 Å². The van der Waals surface area contributed by atoms with Crippen molar-refractivity contribution in [2.45, 2.75) is 13.3 Å². The van der Waals surface area contributed by atoms with E-state index in [1.54, 1.807) is 25.9 Å². The van der Waals surface area contributed by atoms with Gasteiger partial charge < -0.3 is 14.1 Å². The van der Waals surface area contributed by atoms with Crippen LogP contribution in [0.15, 0.2) is 39.9 Å². The van der Waals surface area contributed by atoms with Gasteiger partial charge in [0.1, 0.15) is 10.9 Å². The average Bonchev–Trinajstić information content (AvgIpc) is 3.20. The summed E-state index contributed by atoms with van der Waals surface area (Å²) in [5.74, 6) is -0.274. The van der Waals surface area contributed by atoms with Gasteiger partial charge in [0.15, 0.2) is 11.6 Å². The third-order valence-corrected chi connectivity index (χ3v) is 5.32. The number of ether oxygens (including phenoxy) is 1. The number of allylic oxidation sites excluding steroid dienone is 1. The Morgan fingerprint density at radius 1 is 1.23 bits per heavy atom. The van der Waals surface area contributed by atoms with E-state index in [0.717, 1.165) is 0 Å². The molecule has 0 spiro atoms. The molecule has 0 unspecified atom stereocenters. The molecule has 3 aromatic rings. The van der Waals surface area contributed by atoms with Gasteiger partial charge in [0.2, 0.25) is 11.8 Å². The molecular formula is C21H16Cl3FN4O2. The summed E-state index contributed by atoms with van der Waals surface area (Å²) >= 11 is 18.3. The molecule has 0 saturated heterocycles. The molecular weight excluding hydrogens is 466 g/mol. The lowest BCUT2D eigenvalue weighted by Crippen LogP contribution is -2.08. The maximum absolute atomic E-state index is 15.2. The van der Waals surface area contributed by atoms with Crippen LogP contribution in [-0.4, -0.2) is 29.2 Å². The monoisotopic (exact) mass is 480 g/mol. The highest BCUT2D eigenvalue weighted by atomic mass is 35.5. The minimum absolute atomic E-state index is 0.0121. The Morgan fingerprint density at radius 3 is 2.65 bits per heavy atom. The van der Waals surface area contributed by atoms with Crippen molar-refractivity contribution < 1.29 is 13.5 Å². The number of rotatable bonds is 6. The molecule has 0 radical (unpaired) electrons. The van der Waals surface area contributed by atoms with Crippen LogP contribution >= 0.6 is 34.8 Å². The first-order valence-electron chi connectivity index (χ1n) is 8.91. The van der Waals surface area contributed by atoms with Crippen molar-refractivity contribution >= 4 is 40.4 Å². The van der Waals surface area contributed by atoms with E-state index in [4.69, 9.17) is 49.2 Å². The molecule has 0 bridgehead atoms. The topological polar surface area (TPSA) is 75.2 Å². The fourth-order valence-corrected chi connectivity index (χ4v) is 3.16. The summed E-state index contributed by atoms with van der Waals surface area (Å²) in [6.07, 6.45) is 0.0121. The molecule has 1 aromatic heterocycles. The SMILES string of the molecule is C/C(=C(/Cl)N(C)C)c1nnc(Cc2ccc(Cl)c(Oc3cc(Cl)cc(C#N)c3)c2F)o1. The van der Waals surface area contributed by atoms with Gasteiger partial charge in [-0.3, -0.25) is 0 Å². The molecule has 3 rings (SSSR count). The Kier molecular flexibility index (Phi) is 7.06. The number of benzene rings is 2. The molecule has 0 aliphatic carbocycles. The number of nitriles is 1. The largest absolute Gasteiger partial charge is 0.453 e. The molecule has 0 atom stereocenters. The number of aromatic nitrogens is 2. The van der Waals surface area contributed by atoms with E-state index in [2.05, 4.69) is 10.2 Å². The second kappa shape index (κ2) is 9.56. The normalized spacial score (nSPS) is 11.7. The predicted molar refractivity (Wildman–Crippen MR) is 117 cm³/mol. The van der Waals surface area contributed by atoms with Crippen molar-refractivity contribution in [3.05, 3.63) is 74.3 Å². The summed E-state index contributed by atoms with van der Waals surface area (Å²) in [6.45, 7) is 1.74. The highest BCUT2D eigenvalue weighted by Crippen LogP contribution is 2.36. The van der Waals surface area contributed by atoms with Crippen molar-refractivity contribution in [2.24, 2.45) is 0 Å². The highest BCUT2D eigenvalue weighted by molar-refractivity contribution is 6.32. The second-order valence-electron chi connectivity index (χ2n) is 6.73. The summed E-state index contributed by atoms with van der Waals surface area (Å²) in [7, 11) is 3.57. The maximum atomic E-state index is 15.2. The van der Waals surface area contributed by atoms with Crippen LogP contribution in [0, 0.1) is 17.1 Å². The molecule has 0 N–H and O–H groups in total. The van der Waals surface area contributed by atoms with Gasteiger partial charge in [-0.05, 0) is 31.2 Å². The number of nitrogens with zero attached hydrogens (tertiary/aromatic N) is 4. The molecule has 2 aromatic carbocycles. The fourth-order valence-electron chi connectivity index (χ4n) is 2.67. The molecule has 160 valence electrons. The summed E-state index contributed by atoms with van der Waals surface area (Å²) in [5, 5.41) is 17.8. The first-order valence-corrected chi connectivity index (χ1v) is 10.0. The lowest BCUT2D eigenvalue weighted by Gasteiger charge is -2.12. The van der Waals surface area contributed by atoms with Gasteiger partial charge in [0, 0.05) is 30.3 Å². The molecule has 6 nitrogen and oxygen atoms in total. The molecule has 0 aliphatic rings. The van der Waals surface area contributed by atoms with E-state index in [1.165, 1.54) is 30.3 Å². The van der Waals surface area contributed by atoms with E-state index in [1.807, 2.05) is 6.07 Å². The molecule has 31 heavy (non-hydrogen) atoms. The zero-order chi connectivity index (χ0) is 22.7. The Morgan fingerprint density at radius 2 is 1.97 bits per heavy atom. The summed E-state index contributed by atoms with van der Waals surface area (Å²) in [6, 6.07) is 9.31. The number of hydrogen-bond donors (Lipinski definition) is 0. The Balaban J connectivity index is 1.89. The van der Waals surface area contributed by atoms with E-state index in [0.29, 0.717) is 10.7 Å². The lowest BCUT2D eigenvalue weighted by molar-refractivity contribution is 0.436. The van der Waals surface area contributed by atoms with Crippen molar-refractivity contribution in [3.63, 3.8) is 0 Å².